The van der Waals surface area contributed by atoms with E-state index in [2.05, 4.69) is 10.2 Å². The summed E-state index contributed by atoms with van der Waals surface area (Å²) in [5, 5.41) is 9.03. The molecule has 0 saturated carbocycles. The molecular formula is C25H19FN4O2S. The van der Waals surface area contributed by atoms with E-state index in [9.17, 15) is 14.0 Å². The van der Waals surface area contributed by atoms with Crippen LogP contribution in [-0.4, -0.2) is 37.4 Å². The smallest absolute Gasteiger partial charge is 0.262 e. The third-order valence-corrected chi connectivity index (χ3v) is 6.45. The number of carbonyl (C=O) groups excluding carboxylic acids is 2. The molecule has 33 heavy (non-hydrogen) atoms. The van der Waals surface area contributed by atoms with Crippen LogP contribution in [0.4, 0.5) is 4.39 Å². The number of benzene rings is 3. The van der Waals surface area contributed by atoms with Gasteiger partial charge in [0.2, 0.25) is 0 Å². The van der Waals surface area contributed by atoms with E-state index in [-0.39, 0.29) is 23.5 Å². The van der Waals surface area contributed by atoms with Crippen LogP contribution in [0.25, 0.3) is 11.4 Å². The van der Waals surface area contributed by atoms with E-state index in [0.29, 0.717) is 40.6 Å². The number of thioether (sulfide) groups is 1. The van der Waals surface area contributed by atoms with Crippen molar-refractivity contribution in [2.24, 2.45) is 0 Å². The van der Waals surface area contributed by atoms with E-state index in [1.165, 1.54) is 22.7 Å². The molecule has 0 aliphatic carbocycles. The van der Waals surface area contributed by atoms with Gasteiger partial charge in [0.05, 0.1) is 22.6 Å². The molecule has 0 atom stereocenters. The number of fused-ring (bicyclic) bond motifs is 1. The summed E-state index contributed by atoms with van der Waals surface area (Å²) in [4.78, 5) is 26.6. The Morgan fingerprint density at radius 2 is 1.36 bits per heavy atom. The van der Waals surface area contributed by atoms with Crippen LogP contribution in [0.1, 0.15) is 26.3 Å². The van der Waals surface area contributed by atoms with Crippen LogP contribution in [0.2, 0.25) is 0 Å². The van der Waals surface area contributed by atoms with Crippen molar-refractivity contribution in [1.29, 1.82) is 0 Å². The Morgan fingerprint density at radius 1 is 0.758 bits per heavy atom. The van der Waals surface area contributed by atoms with Crippen molar-refractivity contribution >= 4 is 23.6 Å². The highest BCUT2D eigenvalue weighted by Gasteiger charge is 2.35. The minimum atomic E-state index is -0.386. The number of amides is 2. The van der Waals surface area contributed by atoms with Crippen LogP contribution >= 0.6 is 11.8 Å². The first-order valence-corrected chi connectivity index (χ1v) is 11.4. The van der Waals surface area contributed by atoms with Crippen LogP contribution in [0.15, 0.2) is 84.0 Å². The lowest BCUT2D eigenvalue weighted by molar-refractivity contribution is 0.0684. The molecule has 0 spiro atoms. The molecule has 1 aliphatic rings. The minimum absolute atomic E-state index is 0.0904. The monoisotopic (exact) mass is 458 g/mol. The maximum atomic E-state index is 14.5. The minimum Gasteiger partial charge on any atom is -0.302 e. The number of halogens is 1. The van der Waals surface area contributed by atoms with Crippen molar-refractivity contribution in [2.45, 2.75) is 18.1 Å². The van der Waals surface area contributed by atoms with Crippen LogP contribution in [0.5, 0.6) is 0 Å². The summed E-state index contributed by atoms with van der Waals surface area (Å²) in [7, 11) is 0. The summed E-state index contributed by atoms with van der Waals surface area (Å²) < 4.78 is 16.4. The highest BCUT2D eigenvalue weighted by molar-refractivity contribution is 7.99. The fourth-order valence-corrected chi connectivity index (χ4v) is 4.71. The molecule has 0 unspecified atom stereocenters. The molecule has 2 heterocycles. The van der Waals surface area contributed by atoms with Gasteiger partial charge >= 0.3 is 0 Å². The van der Waals surface area contributed by atoms with E-state index >= 15 is 0 Å². The molecule has 4 aromatic rings. The number of nitrogens with zero attached hydrogens (tertiary/aromatic N) is 4. The Morgan fingerprint density at radius 3 is 2.03 bits per heavy atom. The van der Waals surface area contributed by atoms with Crippen LogP contribution in [0, 0.1) is 5.82 Å². The van der Waals surface area contributed by atoms with Gasteiger partial charge in [-0.1, -0.05) is 66.4 Å². The fourth-order valence-electron chi connectivity index (χ4n) is 3.80. The predicted octanol–water partition coefficient (Wildman–Crippen LogP) is 4.67. The number of aromatic nitrogens is 3. The second-order valence-electron chi connectivity index (χ2n) is 7.53. The zero-order chi connectivity index (χ0) is 22.8. The zero-order valence-electron chi connectivity index (χ0n) is 17.5. The summed E-state index contributed by atoms with van der Waals surface area (Å²) >= 11 is 1.23. The number of imide groups is 1. The first-order chi connectivity index (χ1) is 16.1. The van der Waals surface area contributed by atoms with Gasteiger partial charge in [0.25, 0.3) is 11.8 Å². The second-order valence-corrected chi connectivity index (χ2v) is 8.44. The Kier molecular flexibility index (Phi) is 5.75. The molecule has 1 aliphatic heterocycles. The van der Waals surface area contributed by atoms with E-state index < -0.39 is 0 Å². The number of rotatable bonds is 7. The first kappa shape index (κ1) is 21.1. The summed E-state index contributed by atoms with van der Waals surface area (Å²) in [6, 6.07) is 23.2. The molecule has 0 N–H and O–H groups in total. The van der Waals surface area contributed by atoms with Crippen molar-refractivity contribution in [3.8, 4) is 11.4 Å². The standard InChI is InChI=1S/C25H19FN4O2S/c26-21-13-7-6-12-20(21)22-27-28-25(29(22)15-14-17-8-2-1-3-9-17)33-16-30-23(31)18-10-4-5-11-19(18)24(30)32/h1-13H,14-16H2. The molecule has 0 radical (unpaired) electrons. The molecule has 8 heteroatoms. The lowest BCUT2D eigenvalue weighted by Crippen LogP contribution is -2.29. The molecule has 1 aromatic heterocycles. The van der Waals surface area contributed by atoms with Gasteiger partial charge in [-0.25, -0.2) is 4.39 Å². The highest BCUT2D eigenvalue weighted by atomic mass is 32.2. The molecule has 3 aromatic carbocycles. The molecule has 5 rings (SSSR count). The molecular weight excluding hydrogens is 439 g/mol. The normalized spacial score (nSPS) is 12.9. The van der Waals surface area contributed by atoms with Crippen molar-refractivity contribution < 1.29 is 14.0 Å². The summed E-state index contributed by atoms with van der Waals surface area (Å²) in [5.41, 5.74) is 2.29. The Balaban J connectivity index is 1.42. The average Bonchev–Trinajstić information content (AvgIpc) is 3.36. The summed E-state index contributed by atoms with van der Waals surface area (Å²) in [6.07, 6.45) is 0.695. The summed E-state index contributed by atoms with van der Waals surface area (Å²) in [6.45, 7) is 0.519. The van der Waals surface area contributed by atoms with Gasteiger partial charge in [-0.3, -0.25) is 14.5 Å². The molecule has 164 valence electrons. The van der Waals surface area contributed by atoms with Gasteiger partial charge in [0.15, 0.2) is 11.0 Å². The summed E-state index contributed by atoms with van der Waals surface area (Å²) in [5.74, 6) is -0.537. The molecule has 0 bridgehead atoms. The van der Waals surface area contributed by atoms with E-state index in [0.717, 1.165) is 5.56 Å². The lowest BCUT2D eigenvalue weighted by atomic mass is 10.1. The Labute approximate surface area is 194 Å². The number of carbonyl (C=O) groups is 2. The van der Waals surface area contributed by atoms with E-state index in [1.54, 1.807) is 42.5 Å². The van der Waals surface area contributed by atoms with Crippen molar-refractivity contribution in [3.05, 3.63) is 101 Å². The van der Waals surface area contributed by atoms with Crippen LogP contribution in [-0.2, 0) is 13.0 Å². The highest BCUT2D eigenvalue weighted by Crippen LogP contribution is 2.29. The average molecular weight is 459 g/mol. The topological polar surface area (TPSA) is 68.1 Å². The largest absolute Gasteiger partial charge is 0.302 e. The lowest BCUT2D eigenvalue weighted by Gasteiger charge is -2.14. The van der Waals surface area contributed by atoms with Crippen LogP contribution in [0.3, 0.4) is 0 Å². The number of hydrogen-bond donors (Lipinski definition) is 0. The number of hydrogen-bond acceptors (Lipinski definition) is 5. The fraction of sp³-hybridized carbons (Fsp3) is 0.120. The van der Waals surface area contributed by atoms with Gasteiger partial charge in [0.1, 0.15) is 5.82 Å². The van der Waals surface area contributed by atoms with E-state index in [1.807, 2.05) is 34.9 Å². The zero-order valence-corrected chi connectivity index (χ0v) is 18.3. The van der Waals surface area contributed by atoms with Gasteiger partial charge in [0, 0.05) is 6.54 Å². The SMILES string of the molecule is O=C1c2ccccc2C(=O)N1CSc1nnc(-c2ccccc2F)n1CCc1ccccc1. The van der Waals surface area contributed by atoms with Crippen LogP contribution < -0.4 is 0 Å². The van der Waals surface area contributed by atoms with Gasteiger partial charge < -0.3 is 4.57 Å². The third kappa shape index (κ3) is 4.05. The number of aryl methyl sites for hydroxylation is 1. The first-order valence-electron chi connectivity index (χ1n) is 10.4. The molecule has 2 amide bonds. The molecule has 0 fully saturated rings. The maximum Gasteiger partial charge on any atom is 0.262 e. The predicted molar refractivity (Wildman–Crippen MR) is 123 cm³/mol. The molecule has 6 nitrogen and oxygen atoms in total. The van der Waals surface area contributed by atoms with Crippen molar-refractivity contribution in [2.75, 3.05) is 5.88 Å². The van der Waals surface area contributed by atoms with Gasteiger partial charge in [-0.15, -0.1) is 10.2 Å². The van der Waals surface area contributed by atoms with E-state index in [4.69, 9.17) is 0 Å². The third-order valence-electron chi connectivity index (χ3n) is 5.50. The molecule has 0 saturated heterocycles. The van der Waals surface area contributed by atoms with Crippen molar-refractivity contribution in [1.82, 2.24) is 19.7 Å². The van der Waals surface area contributed by atoms with Gasteiger partial charge in [-0.05, 0) is 36.2 Å². The van der Waals surface area contributed by atoms with Crippen molar-refractivity contribution in [3.63, 3.8) is 0 Å². The Bertz CT molecular complexity index is 1300. The quantitative estimate of drug-likeness (QED) is 0.297. The Hall–Kier alpha value is -3.78. The maximum absolute atomic E-state index is 14.5. The van der Waals surface area contributed by atoms with Gasteiger partial charge in [-0.2, -0.15) is 0 Å². The second kappa shape index (κ2) is 8.99.